The van der Waals surface area contributed by atoms with E-state index in [2.05, 4.69) is 17.6 Å². The molecule has 0 unspecified atom stereocenters. The first-order valence-electron chi connectivity index (χ1n) is 7.94. The van der Waals surface area contributed by atoms with Gasteiger partial charge in [-0.15, -0.1) is 12.4 Å². The van der Waals surface area contributed by atoms with Crippen molar-refractivity contribution in [3.63, 3.8) is 0 Å². The lowest BCUT2D eigenvalue weighted by Gasteiger charge is -2.34. The van der Waals surface area contributed by atoms with Crippen molar-refractivity contribution in [1.82, 2.24) is 10.6 Å². The maximum atomic E-state index is 11.9. The Morgan fingerprint density at radius 2 is 1.74 bits per heavy atom. The van der Waals surface area contributed by atoms with Crippen molar-refractivity contribution < 1.29 is 14.3 Å². The Morgan fingerprint density at radius 1 is 1.17 bits per heavy atom. The van der Waals surface area contributed by atoms with Gasteiger partial charge in [0.25, 0.3) is 5.91 Å². The van der Waals surface area contributed by atoms with Gasteiger partial charge in [0.15, 0.2) is 6.61 Å². The minimum Gasteiger partial charge on any atom is -0.494 e. The molecule has 23 heavy (non-hydrogen) atoms. The Hall–Kier alpha value is -1.46. The molecule has 1 saturated heterocycles. The fraction of sp³-hybridized carbons (Fsp3) is 0.588. The van der Waals surface area contributed by atoms with Crippen LogP contribution in [0.25, 0.3) is 0 Å². The molecule has 6 heteroatoms. The number of halogens is 1. The van der Waals surface area contributed by atoms with Gasteiger partial charge in [0, 0.05) is 6.54 Å². The van der Waals surface area contributed by atoms with Crippen molar-refractivity contribution in [2.75, 3.05) is 32.8 Å². The topological polar surface area (TPSA) is 59.6 Å². The van der Waals surface area contributed by atoms with E-state index >= 15 is 0 Å². The predicted octanol–water partition coefficient (Wildman–Crippen LogP) is 2.39. The minimum absolute atomic E-state index is 0. The molecule has 130 valence electrons. The molecular weight excluding hydrogens is 316 g/mol. The highest BCUT2D eigenvalue weighted by molar-refractivity contribution is 5.85. The van der Waals surface area contributed by atoms with Crippen molar-refractivity contribution in [2.24, 2.45) is 5.41 Å². The number of ether oxygens (including phenoxy) is 2. The third kappa shape index (κ3) is 6.67. The van der Waals surface area contributed by atoms with E-state index in [-0.39, 0.29) is 30.3 Å². The summed E-state index contributed by atoms with van der Waals surface area (Å²) in [5.74, 6) is 1.40. The first-order valence-corrected chi connectivity index (χ1v) is 7.94. The molecule has 0 aliphatic carbocycles. The van der Waals surface area contributed by atoms with Crippen LogP contribution in [0.3, 0.4) is 0 Å². The molecule has 2 N–H and O–H groups in total. The number of benzene rings is 1. The molecule has 0 spiro atoms. The molecule has 5 nitrogen and oxygen atoms in total. The zero-order chi connectivity index (χ0) is 15.8. The average Bonchev–Trinajstić information content (AvgIpc) is 2.53. The fourth-order valence-corrected chi connectivity index (χ4v) is 2.52. The molecule has 0 radical (unpaired) electrons. The summed E-state index contributed by atoms with van der Waals surface area (Å²) in [6, 6.07) is 7.30. The predicted molar refractivity (Wildman–Crippen MR) is 93.6 cm³/mol. The van der Waals surface area contributed by atoms with Gasteiger partial charge in [-0.1, -0.05) is 6.92 Å². The van der Waals surface area contributed by atoms with Crippen LogP contribution in [0.15, 0.2) is 24.3 Å². The van der Waals surface area contributed by atoms with Crippen LogP contribution in [0.5, 0.6) is 11.5 Å². The molecule has 1 amide bonds. The van der Waals surface area contributed by atoms with Crippen LogP contribution in [-0.2, 0) is 4.79 Å². The average molecular weight is 343 g/mol. The number of carbonyl (C=O) groups excluding carboxylic acids is 1. The molecule has 2 rings (SSSR count). The number of rotatable bonds is 7. The van der Waals surface area contributed by atoms with Gasteiger partial charge in [-0.3, -0.25) is 4.79 Å². The zero-order valence-corrected chi connectivity index (χ0v) is 14.7. The number of piperidine rings is 1. The highest BCUT2D eigenvalue weighted by Crippen LogP contribution is 2.26. The van der Waals surface area contributed by atoms with Crippen LogP contribution >= 0.6 is 12.4 Å². The van der Waals surface area contributed by atoms with Gasteiger partial charge in [0.1, 0.15) is 11.5 Å². The third-order valence-electron chi connectivity index (χ3n) is 4.03. The normalized spacial score (nSPS) is 16.1. The first-order chi connectivity index (χ1) is 10.6. The van der Waals surface area contributed by atoms with Gasteiger partial charge in [-0.05, 0) is 62.5 Å². The largest absolute Gasteiger partial charge is 0.494 e. The molecule has 1 aromatic carbocycles. The van der Waals surface area contributed by atoms with Crippen LogP contribution in [0, 0.1) is 5.41 Å². The summed E-state index contributed by atoms with van der Waals surface area (Å²) in [6.07, 6.45) is 2.18. The minimum atomic E-state index is -0.0753. The van der Waals surface area contributed by atoms with Crippen LogP contribution < -0.4 is 20.1 Å². The maximum absolute atomic E-state index is 11.9. The summed E-state index contributed by atoms with van der Waals surface area (Å²) in [7, 11) is 0. The number of hydrogen-bond acceptors (Lipinski definition) is 4. The third-order valence-corrected chi connectivity index (χ3v) is 4.03. The molecule has 1 aromatic rings. The summed E-state index contributed by atoms with van der Waals surface area (Å²) in [4.78, 5) is 11.9. The van der Waals surface area contributed by atoms with Gasteiger partial charge in [0.2, 0.25) is 0 Å². The van der Waals surface area contributed by atoms with Crippen molar-refractivity contribution >= 4 is 18.3 Å². The van der Waals surface area contributed by atoms with Crippen LogP contribution in [0.4, 0.5) is 0 Å². The molecule has 1 aliphatic heterocycles. The van der Waals surface area contributed by atoms with Gasteiger partial charge in [-0.25, -0.2) is 0 Å². The van der Waals surface area contributed by atoms with Crippen LogP contribution in [0.1, 0.15) is 26.7 Å². The van der Waals surface area contributed by atoms with E-state index in [4.69, 9.17) is 9.47 Å². The molecule has 0 aromatic heterocycles. The SMILES string of the molecule is CCOc1ccc(OCC(=O)NCC2(C)CCNCC2)cc1.Cl. The summed E-state index contributed by atoms with van der Waals surface area (Å²) < 4.78 is 10.9. The number of nitrogens with one attached hydrogen (secondary N) is 2. The Bertz CT molecular complexity index is 473. The van der Waals surface area contributed by atoms with Gasteiger partial charge < -0.3 is 20.1 Å². The lowest BCUT2D eigenvalue weighted by molar-refractivity contribution is -0.123. The van der Waals surface area contributed by atoms with E-state index in [0.29, 0.717) is 18.9 Å². The Kier molecular flexibility index (Phi) is 8.20. The summed E-state index contributed by atoms with van der Waals surface area (Å²) >= 11 is 0. The number of carbonyl (C=O) groups is 1. The monoisotopic (exact) mass is 342 g/mol. The summed E-state index contributed by atoms with van der Waals surface area (Å²) in [5, 5.41) is 6.32. The second kappa shape index (κ2) is 9.63. The van der Waals surface area contributed by atoms with E-state index in [1.165, 1.54) is 0 Å². The van der Waals surface area contributed by atoms with Crippen molar-refractivity contribution in [2.45, 2.75) is 26.7 Å². The Balaban J connectivity index is 0.00000264. The molecule has 1 fully saturated rings. The van der Waals surface area contributed by atoms with E-state index < -0.39 is 0 Å². The van der Waals surface area contributed by atoms with Crippen molar-refractivity contribution in [1.29, 1.82) is 0 Å². The fourth-order valence-electron chi connectivity index (χ4n) is 2.52. The zero-order valence-electron chi connectivity index (χ0n) is 13.9. The maximum Gasteiger partial charge on any atom is 0.257 e. The van der Waals surface area contributed by atoms with E-state index in [0.717, 1.165) is 31.7 Å². The Morgan fingerprint density at radius 3 is 2.30 bits per heavy atom. The molecule has 0 atom stereocenters. The van der Waals surface area contributed by atoms with E-state index in [9.17, 15) is 4.79 Å². The van der Waals surface area contributed by atoms with Gasteiger partial charge in [-0.2, -0.15) is 0 Å². The molecule has 1 aliphatic rings. The van der Waals surface area contributed by atoms with Crippen molar-refractivity contribution in [3.05, 3.63) is 24.3 Å². The molecule has 0 bridgehead atoms. The highest BCUT2D eigenvalue weighted by Gasteiger charge is 2.26. The second-order valence-electron chi connectivity index (χ2n) is 6.03. The van der Waals surface area contributed by atoms with Crippen LogP contribution in [-0.4, -0.2) is 38.8 Å². The second-order valence-corrected chi connectivity index (χ2v) is 6.03. The molecule has 1 heterocycles. The van der Waals surface area contributed by atoms with Gasteiger partial charge in [0.05, 0.1) is 6.61 Å². The quantitative estimate of drug-likeness (QED) is 0.798. The standard InChI is InChI=1S/C17H26N2O3.ClH/c1-3-21-14-4-6-15(7-5-14)22-12-16(20)19-13-17(2)8-10-18-11-9-17;/h4-7,18H,3,8-13H2,1-2H3,(H,19,20);1H. The lowest BCUT2D eigenvalue weighted by atomic mass is 9.81. The van der Waals surface area contributed by atoms with E-state index in [1.807, 2.05) is 31.2 Å². The highest BCUT2D eigenvalue weighted by atomic mass is 35.5. The smallest absolute Gasteiger partial charge is 0.257 e. The summed E-state index contributed by atoms with van der Waals surface area (Å²) in [5.41, 5.74) is 0.194. The number of amides is 1. The molecule has 0 saturated carbocycles. The summed E-state index contributed by atoms with van der Waals surface area (Å²) in [6.45, 7) is 7.60. The van der Waals surface area contributed by atoms with E-state index in [1.54, 1.807) is 0 Å². The first kappa shape index (κ1) is 19.6. The lowest BCUT2D eigenvalue weighted by Crippen LogP contribution is -2.43. The Labute approximate surface area is 144 Å². The van der Waals surface area contributed by atoms with Crippen LogP contribution in [0.2, 0.25) is 0 Å². The molecular formula is C17H27ClN2O3. The van der Waals surface area contributed by atoms with Crippen molar-refractivity contribution in [3.8, 4) is 11.5 Å². The van der Waals surface area contributed by atoms with Gasteiger partial charge >= 0.3 is 0 Å². The number of hydrogen-bond donors (Lipinski definition) is 2.